The lowest BCUT2D eigenvalue weighted by molar-refractivity contribution is 0.0391. The first-order valence-corrected chi connectivity index (χ1v) is 7.01. The fourth-order valence-electron chi connectivity index (χ4n) is 1.36. The van der Waals surface area contributed by atoms with Gasteiger partial charge in [-0.2, -0.15) is 11.8 Å². The smallest absolute Gasteiger partial charge is 0.144 e. The minimum atomic E-state index is -0.483. The number of hydrogen-bond acceptors (Lipinski definition) is 5. The number of oxime groups is 1. The summed E-state index contributed by atoms with van der Waals surface area (Å²) in [6, 6.07) is 0.385. The lowest BCUT2D eigenvalue weighted by Crippen LogP contribution is -2.34. The molecule has 0 bridgehead atoms. The summed E-state index contributed by atoms with van der Waals surface area (Å²) in [6.45, 7) is 4.92. The maximum absolute atomic E-state index is 9.57. The normalized spacial score (nSPS) is 21.4. The van der Waals surface area contributed by atoms with Crippen molar-refractivity contribution in [3.63, 3.8) is 0 Å². The van der Waals surface area contributed by atoms with Crippen molar-refractivity contribution < 1.29 is 9.94 Å². The second-order valence-corrected chi connectivity index (χ2v) is 5.43. The molecule has 0 saturated carbocycles. The van der Waals surface area contributed by atoms with Crippen molar-refractivity contribution in [3.8, 4) is 0 Å². The van der Waals surface area contributed by atoms with Crippen LogP contribution in [0.15, 0.2) is 5.16 Å². The summed E-state index contributed by atoms with van der Waals surface area (Å²) in [4.78, 5) is 5.15. The number of thioether (sulfide) groups is 1. The maximum atomic E-state index is 9.57. The van der Waals surface area contributed by atoms with Crippen molar-refractivity contribution >= 4 is 17.5 Å². The zero-order valence-corrected chi connectivity index (χ0v) is 10.9. The molecule has 0 amide bonds. The molecule has 1 heterocycles. The van der Waals surface area contributed by atoms with Gasteiger partial charge in [-0.05, 0) is 18.6 Å². The average molecular weight is 246 g/mol. The minimum Gasteiger partial charge on any atom is -0.393 e. The molecule has 1 rings (SSSR count). The first kappa shape index (κ1) is 13.8. The van der Waals surface area contributed by atoms with E-state index < -0.39 is 6.10 Å². The fraction of sp³-hybridized carbons (Fsp3) is 0.909. The van der Waals surface area contributed by atoms with Crippen LogP contribution in [0.4, 0.5) is 0 Å². The van der Waals surface area contributed by atoms with E-state index in [-0.39, 0.29) is 6.61 Å². The highest BCUT2D eigenvalue weighted by Crippen LogP contribution is 2.14. The van der Waals surface area contributed by atoms with Crippen LogP contribution in [0.3, 0.4) is 0 Å². The molecule has 94 valence electrons. The van der Waals surface area contributed by atoms with E-state index in [0.29, 0.717) is 12.6 Å². The van der Waals surface area contributed by atoms with Crippen LogP contribution in [0.2, 0.25) is 0 Å². The number of rotatable bonds is 6. The number of aliphatic hydroxyl groups is 1. The Morgan fingerprint density at radius 1 is 1.56 bits per heavy atom. The van der Waals surface area contributed by atoms with Gasteiger partial charge in [-0.15, -0.1) is 0 Å². The fourth-order valence-corrected chi connectivity index (χ4v) is 2.28. The zero-order valence-electron chi connectivity index (χ0n) is 10.1. The van der Waals surface area contributed by atoms with Crippen LogP contribution in [0, 0.1) is 0 Å². The Balaban J connectivity index is 2.08. The molecular formula is C11H22N2O2S. The molecule has 0 aliphatic carbocycles. The molecule has 1 saturated heterocycles. The second-order valence-electron chi connectivity index (χ2n) is 4.33. The lowest BCUT2D eigenvalue weighted by atomic mass is 10.2. The van der Waals surface area contributed by atoms with Gasteiger partial charge in [-0.3, -0.25) is 0 Å². The molecule has 1 unspecified atom stereocenters. The molecule has 0 aromatic carbocycles. The Hall–Kier alpha value is -0.260. The topological polar surface area (TPSA) is 53.8 Å². The molecule has 0 spiro atoms. The van der Waals surface area contributed by atoms with E-state index in [9.17, 15) is 5.11 Å². The summed E-state index contributed by atoms with van der Waals surface area (Å²) in [5, 5.41) is 16.8. The largest absolute Gasteiger partial charge is 0.393 e. The highest BCUT2D eigenvalue weighted by molar-refractivity contribution is 8.00. The van der Waals surface area contributed by atoms with Gasteiger partial charge in [0.25, 0.3) is 0 Å². The Morgan fingerprint density at radius 2 is 2.38 bits per heavy atom. The third-order valence-electron chi connectivity index (χ3n) is 2.25. The van der Waals surface area contributed by atoms with Crippen LogP contribution in [0.25, 0.3) is 0 Å². The summed E-state index contributed by atoms with van der Waals surface area (Å²) in [5.74, 6) is 2.19. The Bertz CT molecular complexity index is 214. The molecular weight excluding hydrogens is 224 g/mol. The van der Waals surface area contributed by atoms with Crippen LogP contribution >= 0.6 is 11.8 Å². The quantitative estimate of drug-likeness (QED) is 0.693. The molecule has 0 aromatic heterocycles. The second kappa shape index (κ2) is 7.92. The zero-order chi connectivity index (χ0) is 11.8. The number of nitrogens with zero attached hydrogens (tertiary/aromatic N) is 1. The first-order chi connectivity index (χ1) is 7.68. The number of nitrogens with one attached hydrogen (secondary N) is 1. The van der Waals surface area contributed by atoms with Gasteiger partial charge in [0, 0.05) is 18.3 Å². The molecule has 1 atom stereocenters. The van der Waals surface area contributed by atoms with E-state index in [0.717, 1.165) is 17.9 Å². The number of aliphatic hydroxyl groups excluding tert-OH is 1. The molecule has 5 heteroatoms. The Labute approximate surface area is 102 Å². The molecule has 2 N–H and O–H groups in total. The van der Waals surface area contributed by atoms with Crippen LogP contribution in [0.1, 0.15) is 26.7 Å². The van der Waals surface area contributed by atoms with E-state index in [4.69, 9.17) is 4.84 Å². The van der Waals surface area contributed by atoms with Gasteiger partial charge in [0.05, 0.1) is 5.71 Å². The number of hydrogen-bond donors (Lipinski definition) is 2. The lowest BCUT2D eigenvalue weighted by Gasteiger charge is -2.14. The summed E-state index contributed by atoms with van der Waals surface area (Å²) in [5.41, 5.74) is 1.11. The van der Waals surface area contributed by atoms with Crippen molar-refractivity contribution in [2.75, 3.05) is 24.7 Å². The van der Waals surface area contributed by atoms with Gasteiger partial charge in [-0.1, -0.05) is 19.0 Å². The third-order valence-corrected chi connectivity index (χ3v) is 3.36. The van der Waals surface area contributed by atoms with E-state index >= 15 is 0 Å². The van der Waals surface area contributed by atoms with Crippen LogP contribution < -0.4 is 5.32 Å². The molecule has 0 radical (unpaired) electrons. The van der Waals surface area contributed by atoms with Gasteiger partial charge in [0.2, 0.25) is 0 Å². The molecule has 1 aliphatic heterocycles. The predicted molar refractivity (Wildman–Crippen MR) is 69.1 cm³/mol. The van der Waals surface area contributed by atoms with Crippen molar-refractivity contribution in [2.24, 2.45) is 5.16 Å². The van der Waals surface area contributed by atoms with Gasteiger partial charge >= 0.3 is 0 Å². The standard InChI is InChI=1S/C11H22N2O2S/c1-9(2)12-6-11(14)7-15-13-10-4-3-5-16-8-10/h9,11-12,14H,3-8H2,1-2H3/b13-10-. The third kappa shape index (κ3) is 6.35. The highest BCUT2D eigenvalue weighted by Gasteiger charge is 2.09. The summed E-state index contributed by atoms with van der Waals surface area (Å²) in [7, 11) is 0. The summed E-state index contributed by atoms with van der Waals surface area (Å²) < 4.78 is 0. The molecule has 0 aromatic rings. The summed E-state index contributed by atoms with van der Waals surface area (Å²) >= 11 is 1.89. The van der Waals surface area contributed by atoms with Gasteiger partial charge in [0.1, 0.15) is 12.7 Å². The SMILES string of the molecule is CC(C)NCC(O)CO/N=C1/CCCSC1. The van der Waals surface area contributed by atoms with Crippen LogP contribution in [0.5, 0.6) is 0 Å². The highest BCUT2D eigenvalue weighted by atomic mass is 32.2. The predicted octanol–water partition coefficient (Wildman–Crippen LogP) is 1.24. The van der Waals surface area contributed by atoms with E-state index in [1.807, 2.05) is 25.6 Å². The van der Waals surface area contributed by atoms with Crippen molar-refractivity contribution in [1.82, 2.24) is 5.32 Å². The molecule has 4 nitrogen and oxygen atoms in total. The Kier molecular flexibility index (Phi) is 6.84. The van der Waals surface area contributed by atoms with E-state index in [1.165, 1.54) is 12.2 Å². The summed E-state index contributed by atoms with van der Waals surface area (Å²) in [6.07, 6.45) is 1.74. The van der Waals surface area contributed by atoms with Gasteiger partial charge in [0.15, 0.2) is 0 Å². The minimum absolute atomic E-state index is 0.272. The van der Waals surface area contributed by atoms with Crippen molar-refractivity contribution in [1.29, 1.82) is 0 Å². The van der Waals surface area contributed by atoms with Gasteiger partial charge in [-0.25, -0.2) is 0 Å². The van der Waals surface area contributed by atoms with Crippen LogP contribution in [-0.4, -0.2) is 47.6 Å². The maximum Gasteiger partial charge on any atom is 0.144 e. The first-order valence-electron chi connectivity index (χ1n) is 5.85. The van der Waals surface area contributed by atoms with Crippen molar-refractivity contribution in [3.05, 3.63) is 0 Å². The monoisotopic (exact) mass is 246 g/mol. The van der Waals surface area contributed by atoms with Gasteiger partial charge < -0.3 is 15.3 Å². The average Bonchev–Trinajstić information content (AvgIpc) is 2.28. The molecule has 1 fully saturated rings. The van der Waals surface area contributed by atoms with E-state index in [2.05, 4.69) is 10.5 Å². The molecule has 16 heavy (non-hydrogen) atoms. The van der Waals surface area contributed by atoms with E-state index in [1.54, 1.807) is 0 Å². The van der Waals surface area contributed by atoms with Crippen LogP contribution in [-0.2, 0) is 4.84 Å². The Morgan fingerprint density at radius 3 is 3.00 bits per heavy atom. The van der Waals surface area contributed by atoms with Crippen molar-refractivity contribution in [2.45, 2.75) is 38.8 Å². The molecule has 1 aliphatic rings.